The molecular weight excluding hydrogens is 173 g/mol. The summed E-state index contributed by atoms with van der Waals surface area (Å²) in [7, 11) is -1.50. The van der Waals surface area contributed by atoms with Gasteiger partial charge in [0.15, 0.2) is 8.69 Å². The summed E-state index contributed by atoms with van der Waals surface area (Å²) >= 11 is 0. The van der Waals surface area contributed by atoms with Crippen LogP contribution in [0.25, 0.3) is 0 Å². The van der Waals surface area contributed by atoms with Gasteiger partial charge in [-0.1, -0.05) is 30.3 Å². The van der Waals surface area contributed by atoms with Crippen LogP contribution in [0.15, 0.2) is 30.3 Å². The Morgan fingerprint density at radius 2 is 1.83 bits per heavy atom. The Labute approximate surface area is 73.5 Å². The van der Waals surface area contributed by atoms with Gasteiger partial charge in [0, 0.05) is 0 Å². The maximum atomic E-state index is 8.57. The van der Waals surface area contributed by atoms with E-state index in [0.29, 0.717) is 0 Å². The molecule has 1 aromatic rings. The maximum Gasteiger partial charge on any atom is 0.177 e. The highest BCUT2D eigenvalue weighted by Crippen LogP contribution is 1.96. The molecule has 3 N–H and O–H groups in total. The molecule has 0 fully saturated rings. The van der Waals surface area contributed by atoms with Gasteiger partial charge >= 0.3 is 0 Å². The summed E-state index contributed by atoms with van der Waals surface area (Å²) in [5.74, 6) is 0. The summed E-state index contributed by atoms with van der Waals surface area (Å²) in [6.07, 6.45) is 0.987. The minimum atomic E-state index is -1.50. The quantitative estimate of drug-likeness (QED) is 0.674. The van der Waals surface area contributed by atoms with Crippen LogP contribution in [0.2, 0.25) is 0 Å². The third-order valence-electron chi connectivity index (χ3n) is 1.28. The average molecular weight is 187 g/mol. The van der Waals surface area contributed by atoms with Gasteiger partial charge in [-0.25, -0.2) is 0 Å². The summed E-state index contributed by atoms with van der Waals surface area (Å²) < 4.78 is 8.57. The third-order valence-corrected chi connectivity index (χ3v) is 1.28. The van der Waals surface area contributed by atoms with Crippen LogP contribution in [-0.4, -0.2) is 11.4 Å². The topological polar surface area (TPSA) is 63.3 Å². The molecule has 0 spiro atoms. The fourth-order valence-corrected chi connectivity index (χ4v) is 0.811. The first-order chi connectivity index (χ1) is 5.85. The van der Waals surface area contributed by atoms with Crippen molar-refractivity contribution in [1.29, 1.82) is 0 Å². The van der Waals surface area contributed by atoms with Crippen molar-refractivity contribution in [2.24, 2.45) is 5.73 Å². The normalized spacial score (nSPS) is 9.50. The molecule has 0 radical (unpaired) electrons. The van der Waals surface area contributed by atoms with Crippen molar-refractivity contribution in [1.82, 2.24) is 0 Å². The fraction of sp³-hybridized carbons (Fsp3) is 0.250. The molecule has 0 amide bonds. The molecule has 68 valence electrons. The number of hydrogen-bond acceptors (Lipinski definition) is 2. The van der Waals surface area contributed by atoms with E-state index in [4.69, 9.17) is 15.2 Å². The van der Waals surface area contributed by atoms with Crippen molar-refractivity contribution in [3.05, 3.63) is 35.9 Å². The molecular formula is C8H14NO2P. The summed E-state index contributed by atoms with van der Waals surface area (Å²) in [4.78, 5) is 7.10. The van der Waals surface area contributed by atoms with E-state index in [-0.39, 0.29) is 0 Å². The molecule has 0 aliphatic rings. The molecule has 1 unspecified atom stereocenters. The Morgan fingerprint density at radius 3 is 2.25 bits per heavy atom. The van der Waals surface area contributed by atoms with E-state index in [1.54, 1.807) is 0 Å². The highest BCUT2D eigenvalue weighted by Gasteiger charge is 1.84. The maximum absolute atomic E-state index is 8.57. The standard InChI is InChI=1S/C8H11N.H3O2P/c9-7-6-8-4-2-1-3-5-8;1-3-2/h1-5H,6-7,9H2;3H2,(H,1,2). The SMILES string of the molecule is NCCc1ccccc1.O=[PH2]O. The summed E-state index contributed by atoms with van der Waals surface area (Å²) in [5, 5.41) is 0. The van der Waals surface area contributed by atoms with Crippen LogP contribution in [0.3, 0.4) is 0 Å². The molecule has 1 aromatic carbocycles. The summed E-state index contributed by atoms with van der Waals surface area (Å²) in [6.45, 7) is 0.740. The molecule has 12 heavy (non-hydrogen) atoms. The first-order valence-corrected chi connectivity index (χ1v) is 4.65. The number of nitrogens with two attached hydrogens (primary N) is 1. The highest BCUT2D eigenvalue weighted by molar-refractivity contribution is 7.16. The van der Waals surface area contributed by atoms with Gasteiger partial charge < -0.3 is 10.6 Å². The van der Waals surface area contributed by atoms with Gasteiger partial charge in [-0.05, 0) is 18.5 Å². The van der Waals surface area contributed by atoms with Gasteiger partial charge in [-0.15, -0.1) is 0 Å². The first-order valence-electron chi connectivity index (χ1n) is 3.67. The molecule has 0 bridgehead atoms. The molecule has 0 heterocycles. The van der Waals surface area contributed by atoms with Gasteiger partial charge in [-0.3, -0.25) is 4.57 Å². The lowest BCUT2D eigenvalue weighted by Crippen LogP contribution is -2.01. The van der Waals surface area contributed by atoms with E-state index >= 15 is 0 Å². The lowest BCUT2D eigenvalue weighted by Gasteiger charge is -1.93. The van der Waals surface area contributed by atoms with E-state index in [1.807, 2.05) is 18.2 Å². The fourth-order valence-electron chi connectivity index (χ4n) is 0.811. The van der Waals surface area contributed by atoms with Gasteiger partial charge in [-0.2, -0.15) is 0 Å². The average Bonchev–Trinajstić information content (AvgIpc) is 2.08. The van der Waals surface area contributed by atoms with Gasteiger partial charge in [0.25, 0.3) is 0 Å². The van der Waals surface area contributed by atoms with Crippen molar-refractivity contribution in [3.63, 3.8) is 0 Å². The van der Waals surface area contributed by atoms with Crippen LogP contribution < -0.4 is 5.73 Å². The Morgan fingerprint density at radius 1 is 1.33 bits per heavy atom. The molecule has 0 aromatic heterocycles. The van der Waals surface area contributed by atoms with Crippen LogP contribution in [-0.2, 0) is 11.0 Å². The largest absolute Gasteiger partial charge is 0.348 e. The van der Waals surface area contributed by atoms with Gasteiger partial charge in [0.1, 0.15) is 0 Å². The number of rotatable bonds is 2. The number of hydrogen-bond donors (Lipinski definition) is 2. The van der Waals surface area contributed by atoms with Gasteiger partial charge in [0.2, 0.25) is 0 Å². The Hall–Kier alpha value is -0.630. The Bertz CT molecular complexity index is 203. The van der Waals surface area contributed by atoms with Gasteiger partial charge in [0.05, 0.1) is 0 Å². The van der Waals surface area contributed by atoms with E-state index in [2.05, 4.69) is 12.1 Å². The third kappa shape index (κ3) is 6.10. The van der Waals surface area contributed by atoms with E-state index in [0.717, 1.165) is 13.0 Å². The molecule has 0 saturated heterocycles. The second-order valence-electron chi connectivity index (χ2n) is 2.13. The molecule has 3 nitrogen and oxygen atoms in total. The van der Waals surface area contributed by atoms with Crippen molar-refractivity contribution in [3.8, 4) is 0 Å². The van der Waals surface area contributed by atoms with Crippen molar-refractivity contribution in [2.75, 3.05) is 6.54 Å². The molecule has 0 aliphatic carbocycles. The highest BCUT2D eigenvalue weighted by atomic mass is 31.1. The zero-order valence-corrected chi connectivity index (χ0v) is 7.97. The lowest BCUT2D eigenvalue weighted by molar-refractivity contribution is 0.524. The smallest absolute Gasteiger partial charge is 0.177 e. The van der Waals surface area contributed by atoms with Crippen molar-refractivity contribution in [2.45, 2.75) is 6.42 Å². The Balaban J connectivity index is 0.000000354. The molecule has 1 rings (SSSR count). The Kier molecular flexibility index (Phi) is 8.02. The van der Waals surface area contributed by atoms with Crippen molar-refractivity contribution >= 4 is 8.69 Å². The van der Waals surface area contributed by atoms with Crippen molar-refractivity contribution < 1.29 is 9.46 Å². The monoisotopic (exact) mass is 187 g/mol. The van der Waals surface area contributed by atoms with E-state index in [1.165, 1.54) is 5.56 Å². The lowest BCUT2D eigenvalue weighted by atomic mass is 10.2. The van der Waals surface area contributed by atoms with Crippen LogP contribution in [0, 0.1) is 0 Å². The van der Waals surface area contributed by atoms with E-state index in [9.17, 15) is 0 Å². The second kappa shape index (κ2) is 8.47. The summed E-state index contributed by atoms with van der Waals surface area (Å²) in [6, 6.07) is 10.3. The zero-order valence-electron chi connectivity index (χ0n) is 6.81. The van der Waals surface area contributed by atoms with Crippen LogP contribution in [0.1, 0.15) is 5.56 Å². The summed E-state index contributed by atoms with van der Waals surface area (Å²) in [5.41, 5.74) is 6.68. The minimum absolute atomic E-state index is 0.740. The molecule has 0 aliphatic heterocycles. The zero-order chi connectivity index (χ0) is 9.23. The number of benzene rings is 1. The van der Waals surface area contributed by atoms with Crippen LogP contribution >= 0.6 is 8.69 Å². The van der Waals surface area contributed by atoms with Crippen LogP contribution in [0.5, 0.6) is 0 Å². The second-order valence-corrected chi connectivity index (χ2v) is 2.34. The predicted molar refractivity (Wildman–Crippen MR) is 51.8 cm³/mol. The first kappa shape index (κ1) is 11.4. The predicted octanol–water partition coefficient (Wildman–Crippen LogP) is 0.838. The minimum Gasteiger partial charge on any atom is -0.348 e. The molecule has 1 atom stereocenters. The molecule has 4 heteroatoms. The molecule has 0 saturated carbocycles. The van der Waals surface area contributed by atoms with Crippen LogP contribution in [0.4, 0.5) is 0 Å². The van der Waals surface area contributed by atoms with E-state index < -0.39 is 8.69 Å².